The monoisotopic (exact) mass is 203 g/mol. The Morgan fingerprint density at radius 1 is 1.27 bits per heavy atom. The second-order valence-corrected chi connectivity index (χ2v) is 2.86. The molecule has 0 aromatic carbocycles. The number of nitrogens with one attached hydrogen (secondary N) is 1. The summed E-state index contributed by atoms with van der Waals surface area (Å²) in [6.07, 6.45) is 4.60. The van der Waals surface area contributed by atoms with Gasteiger partial charge in [0, 0.05) is 30.7 Å². The van der Waals surface area contributed by atoms with Crippen molar-refractivity contribution in [2.45, 2.75) is 6.54 Å². The molecule has 6 nitrogen and oxygen atoms in total. The third-order valence-corrected chi connectivity index (χ3v) is 1.87. The summed E-state index contributed by atoms with van der Waals surface area (Å²) >= 11 is 0. The van der Waals surface area contributed by atoms with Gasteiger partial charge in [-0.2, -0.15) is 0 Å². The summed E-state index contributed by atoms with van der Waals surface area (Å²) < 4.78 is 0. The zero-order valence-corrected chi connectivity index (χ0v) is 7.84. The first-order valence-corrected chi connectivity index (χ1v) is 4.37. The first-order valence-electron chi connectivity index (χ1n) is 4.37. The van der Waals surface area contributed by atoms with E-state index in [1.807, 2.05) is 0 Å². The SMILES string of the molecule is NCc1cnc(-c2ncccn2)[nH]c1=O. The summed E-state index contributed by atoms with van der Waals surface area (Å²) in [6.45, 7) is 0.165. The number of aromatic amines is 1. The molecule has 0 unspecified atom stereocenters. The molecule has 0 spiro atoms. The van der Waals surface area contributed by atoms with Crippen LogP contribution < -0.4 is 11.3 Å². The summed E-state index contributed by atoms with van der Waals surface area (Å²) in [4.78, 5) is 25.9. The first-order chi connectivity index (χ1) is 7.31. The number of nitrogens with two attached hydrogens (primary N) is 1. The van der Waals surface area contributed by atoms with E-state index in [-0.39, 0.29) is 12.1 Å². The summed E-state index contributed by atoms with van der Waals surface area (Å²) in [5.74, 6) is 0.732. The lowest BCUT2D eigenvalue weighted by Crippen LogP contribution is -2.17. The molecule has 0 amide bonds. The van der Waals surface area contributed by atoms with Crippen LogP contribution in [0.25, 0.3) is 11.6 Å². The lowest BCUT2D eigenvalue weighted by molar-refractivity contribution is 0.965. The molecule has 2 aromatic rings. The summed E-state index contributed by atoms with van der Waals surface area (Å²) in [7, 11) is 0. The average Bonchev–Trinajstić information content (AvgIpc) is 2.30. The van der Waals surface area contributed by atoms with Crippen molar-refractivity contribution in [2.75, 3.05) is 0 Å². The van der Waals surface area contributed by atoms with E-state index in [1.165, 1.54) is 6.20 Å². The zero-order valence-electron chi connectivity index (χ0n) is 7.84. The molecular weight excluding hydrogens is 194 g/mol. The van der Waals surface area contributed by atoms with Crippen LogP contribution in [-0.2, 0) is 6.54 Å². The minimum Gasteiger partial charge on any atom is -0.326 e. The van der Waals surface area contributed by atoms with Crippen LogP contribution in [-0.4, -0.2) is 19.9 Å². The van der Waals surface area contributed by atoms with Crippen molar-refractivity contribution in [3.63, 3.8) is 0 Å². The Kier molecular flexibility index (Phi) is 2.51. The van der Waals surface area contributed by atoms with E-state index >= 15 is 0 Å². The maximum Gasteiger partial charge on any atom is 0.255 e. The van der Waals surface area contributed by atoms with Crippen LogP contribution in [0, 0.1) is 0 Å². The largest absolute Gasteiger partial charge is 0.326 e. The molecule has 76 valence electrons. The van der Waals surface area contributed by atoms with Crippen LogP contribution in [0.4, 0.5) is 0 Å². The highest BCUT2D eigenvalue weighted by Crippen LogP contribution is 2.03. The highest BCUT2D eigenvalue weighted by Gasteiger charge is 2.04. The van der Waals surface area contributed by atoms with E-state index in [1.54, 1.807) is 18.5 Å². The van der Waals surface area contributed by atoms with Crippen LogP contribution in [0.3, 0.4) is 0 Å². The molecule has 0 saturated heterocycles. The van der Waals surface area contributed by atoms with Gasteiger partial charge in [0.25, 0.3) is 5.56 Å². The molecule has 0 saturated carbocycles. The Bertz CT molecular complexity index is 507. The lowest BCUT2D eigenvalue weighted by Gasteiger charge is -1.99. The molecule has 0 bridgehead atoms. The minimum absolute atomic E-state index is 0.165. The second kappa shape index (κ2) is 3.97. The molecule has 6 heteroatoms. The Hall–Kier alpha value is -2.08. The molecule has 0 radical (unpaired) electrons. The van der Waals surface area contributed by atoms with Crippen molar-refractivity contribution in [3.05, 3.63) is 40.6 Å². The summed E-state index contributed by atoms with van der Waals surface area (Å²) in [5, 5.41) is 0. The standard InChI is InChI=1S/C9H9N5O/c10-4-6-5-13-8(14-9(6)15)7-11-2-1-3-12-7/h1-3,5H,4,10H2,(H,13,14,15). The number of hydrogen-bond acceptors (Lipinski definition) is 5. The molecule has 0 fully saturated rings. The van der Waals surface area contributed by atoms with Gasteiger partial charge in [0.1, 0.15) is 0 Å². The highest BCUT2D eigenvalue weighted by atomic mass is 16.1. The molecule has 2 aromatic heterocycles. The molecule has 2 rings (SSSR count). The normalized spacial score (nSPS) is 10.2. The third kappa shape index (κ3) is 1.89. The molecule has 3 N–H and O–H groups in total. The molecular formula is C9H9N5O. The Morgan fingerprint density at radius 3 is 2.60 bits per heavy atom. The van der Waals surface area contributed by atoms with Crippen molar-refractivity contribution in [3.8, 4) is 11.6 Å². The Morgan fingerprint density at radius 2 is 2.00 bits per heavy atom. The third-order valence-electron chi connectivity index (χ3n) is 1.87. The van der Waals surface area contributed by atoms with Crippen LogP contribution >= 0.6 is 0 Å². The van der Waals surface area contributed by atoms with Crippen molar-refractivity contribution in [1.29, 1.82) is 0 Å². The van der Waals surface area contributed by atoms with E-state index in [2.05, 4.69) is 19.9 Å². The van der Waals surface area contributed by atoms with Crippen molar-refractivity contribution in [1.82, 2.24) is 19.9 Å². The molecule has 0 aliphatic heterocycles. The number of nitrogens with zero attached hydrogens (tertiary/aromatic N) is 3. The van der Waals surface area contributed by atoms with Gasteiger partial charge in [-0.05, 0) is 6.07 Å². The van der Waals surface area contributed by atoms with Gasteiger partial charge in [0.05, 0.1) is 0 Å². The van der Waals surface area contributed by atoms with Crippen molar-refractivity contribution < 1.29 is 0 Å². The Balaban J connectivity index is 2.48. The van der Waals surface area contributed by atoms with Gasteiger partial charge in [-0.3, -0.25) is 4.79 Å². The predicted octanol–water partition coefficient (Wildman–Crippen LogP) is -0.314. The maximum absolute atomic E-state index is 11.4. The van der Waals surface area contributed by atoms with Gasteiger partial charge >= 0.3 is 0 Å². The second-order valence-electron chi connectivity index (χ2n) is 2.86. The molecule has 0 aliphatic carbocycles. The topological polar surface area (TPSA) is 97.5 Å². The van der Waals surface area contributed by atoms with Gasteiger partial charge in [0.2, 0.25) is 0 Å². The predicted molar refractivity (Wildman–Crippen MR) is 53.8 cm³/mol. The minimum atomic E-state index is -0.255. The molecule has 0 atom stereocenters. The number of rotatable bonds is 2. The fourth-order valence-corrected chi connectivity index (χ4v) is 1.10. The van der Waals surface area contributed by atoms with E-state index in [9.17, 15) is 4.79 Å². The van der Waals surface area contributed by atoms with Crippen LogP contribution in [0.5, 0.6) is 0 Å². The van der Waals surface area contributed by atoms with Crippen molar-refractivity contribution in [2.24, 2.45) is 5.73 Å². The van der Waals surface area contributed by atoms with Crippen LogP contribution in [0.15, 0.2) is 29.5 Å². The van der Waals surface area contributed by atoms with Crippen molar-refractivity contribution >= 4 is 0 Å². The summed E-state index contributed by atoms with van der Waals surface area (Å²) in [5.41, 5.74) is 5.53. The lowest BCUT2D eigenvalue weighted by atomic mass is 10.3. The van der Waals surface area contributed by atoms with Gasteiger partial charge < -0.3 is 10.7 Å². The van der Waals surface area contributed by atoms with E-state index < -0.39 is 0 Å². The van der Waals surface area contributed by atoms with E-state index in [4.69, 9.17) is 5.73 Å². The average molecular weight is 203 g/mol. The van der Waals surface area contributed by atoms with Crippen LogP contribution in [0.1, 0.15) is 5.56 Å². The van der Waals surface area contributed by atoms with E-state index in [0.717, 1.165) is 0 Å². The maximum atomic E-state index is 11.4. The Labute approximate surface area is 85.2 Å². The zero-order chi connectivity index (χ0) is 10.7. The number of H-pyrrole nitrogens is 1. The quantitative estimate of drug-likeness (QED) is 0.697. The van der Waals surface area contributed by atoms with Crippen LogP contribution in [0.2, 0.25) is 0 Å². The number of hydrogen-bond donors (Lipinski definition) is 2. The van der Waals surface area contributed by atoms with Gasteiger partial charge in [0.15, 0.2) is 11.6 Å². The first kappa shape index (κ1) is 9.47. The molecule has 2 heterocycles. The molecule has 0 aliphatic rings. The molecule has 15 heavy (non-hydrogen) atoms. The smallest absolute Gasteiger partial charge is 0.255 e. The number of aromatic nitrogens is 4. The van der Waals surface area contributed by atoms with Gasteiger partial charge in [-0.15, -0.1) is 0 Å². The van der Waals surface area contributed by atoms with Gasteiger partial charge in [-0.1, -0.05) is 0 Å². The highest BCUT2D eigenvalue weighted by molar-refractivity contribution is 5.41. The van der Waals surface area contributed by atoms with Gasteiger partial charge in [-0.25, -0.2) is 15.0 Å². The fraction of sp³-hybridized carbons (Fsp3) is 0.111. The van der Waals surface area contributed by atoms with E-state index in [0.29, 0.717) is 17.2 Å². The summed E-state index contributed by atoms with van der Waals surface area (Å²) in [6, 6.07) is 1.69. The fourth-order valence-electron chi connectivity index (χ4n) is 1.10.